The van der Waals surface area contributed by atoms with Gasteiger partial charge in [-0.1, -0.05) is 18.6 Å². The molecule has 0 unspecified atom stereocenters. The first kappa shape index (κ1) is 20.3. The molecule has 0 radical (unpaired) electrons. The van der Waals surface area contributed by atoms with Crippen LogP contribution >= 0.6 is 0 Å². The molecule has 2 fully saturated rings. The fraction of sp³-hybridized carbons (Fsp3) is 0.542. The van der Waals surface area contributed by atoms with Crippen LogP contribution < -0.4 is 10.0 Å². The average molecular weight is 456 g/mol. The molecule has 1 saturated heterocycles. The molecule has 0 spiro atoms. The number of piperidine rings is 1. The van der Waals surface area contributed by atoms with E-state index in [2.05, 4.69) is 27.1 Å². The Kier molecular flexibility index (Phi) is 4.84. The molecule has 7 nitrogen and oxygen atoms in total. The monoisotopic (exact) mass is 455 g/mol. The number of hydrogen-bond acceptors (Lipinski definition) is 5. The van der Waals surface area contributed by atoms with Gasteiger partial charge >= 0.3 is 6.03 Å². The van der Waals surface area contributed by atoms with Crippen LogP contribution in [0.15, 0.2) is 27.7 Å². The zero-order chi connectivity index (χ0) is 21.9. The number of urea groups is 1. The number of hydrogen-bond donors (Lipinski definition) is 2. The molecule has 32 heavy (non-hydrogen) atoms. The van der Waals surface area contributed by atoms with Crippen LogP contribution in [-0.2, 0) is 29.4 Å². The Morgan fingerprint density at radius 2 is 1.81 bits per heavy atom. The van der Waals surface area contributed by atoms with Crippen LogP contribution in [0.5, 0.6) is 0 Å². The number of aryl methyl sites for hydroxylation is 1. The van der Waals surface area contributed by atoms with E-state index in [0.717, 1.165) is 86.2 Å². The summed E-state index contributed by atoms with van der Waals surface area (Å²) in [5.41, 5.74) is 5.30. The van der Waals surface area contributed by atoms with Gasteiger partial charge in [0.1, 0.15) is 5.76 Å². The Bertz CT molecular complexity index is 1170. The molecule has 4 heterocycles. The van der Waals surface area contributed by atoms with Crippen molar-refractivity contribution < 1.29 is 17.6 Å². The number of amides is 2. The van der Waals surface area contributed by atoms with Gasteiger partial charge in [0.05, 0.1) is 0 Å². The van der Waals surface area contributed by atoms with E-state index in [4.69, 9.17) is 4.42 Å². The number of carbonyl (C=O) groups excluding carboxylic acids is 1. The second kappa shape index (κ2) is 7.63. The normalized spacial score (nSPS) is 24.4. The Balaban J connectivity index is 1.24. The molecule has 1 aromatic carbocycles. The summed E-state index contributed by atoms with van der Waals surface area (Å²) in [4.78, 5) is 15.2. The van der Waals surface area contributed by atoms with Crippen LogP contribution in [0.3, 0.4) is 0 Å². The Labute approximate surface area is 188 Å². The summed E-state index contributed by atoms with van der Waals surface area (Å²) in [6.45, 7) is 2.74. The third-order valence-corrected chi connectivity index (χ3v) is 8.95. The Hall–Kier alpha value is -2.32. The molecule has 2 aromatic rings. The lowest BCUT2D eigenvalue weighted by Gasteiger charge is -2.29. The molecular formula is C24H29N3O4S. The minimum absolute atomic E-state index is 0.163. The summed E-state index contributed by atoms with van der Waals surface area (Å²) in [6, 6.07) is 5.17. The van der Waals surface area contributed by atoms with Gasteiger partial charge in [0, 0.05) is 29.8 Å². The van der Waals surface area contributed by atoms with E-state index in [1.165, 1.54) is 12.0 Å². The number of benzene rings is 1. The lowest BCUT2D eigenvalue weighted by atomic mass is 9.78. The number of sulfonamides is 1. The summed E-state index contributed by atoms with van der Waals surface area (Å²) in [7, 11) is -4.09. The van der Waals surface area contributed by atoms with Crippen LogP contribution in [0.1, 0.15) is 78.4 Å². The first-order chi connectivity index (χ1) is 15.5. The SMILES string of the molecule is O=C(Nc1c(C2CCC2)ccc2c1CCC2)NS(=O)(=O)c1cc2c(o1)C1CCN(CC1)C2. The van der Waals surface area contributed by atoms with Crippen molar-refractivity contribution in [3.8, 4) is 0 Å². The number of rotatable bonds is 4. The first-order valence-electron chi connectivity index (χ1n) is 11.8. The van der Waals surface area contributed by atoms with Gasteiger partial charge in [-0.15, -0.1) is 0 Å². The van der Waals surface area contributed by atoms with Crippen LogP contribution in [0, 0.1) is 0 Å². The standard InChI is InChI=1S/C24H29N3O4S/c28-24(25-22-19-6-2-5-16(19)7-8-20(22)15-3-1-4-15)26-32(29,30)21-13-18-14-27-11-9-17(10-12-27)23(18)31-21/h7-8,13,15,17H,1-6,9-12,14H2,(H2,25,26,28). The molecule has 0 atom stereocenters. The van der Waals surface area contributed by atoms with Crippen molar-refractivity contribution in [1.29, 1.82) is 0 Å². The summed E-state index contributed by atoms with van der Waals surface area (Å²) in [5, 5.41) is 2.74. The molecule has 2 N–H and O–H groups in total. The molecule has 5 aliphatic rings. The fourth-order valence-corrected chi connectivity index (χ4v) is 6.71. The molecule has 2 aliphatic carbocycles. The molecule has 2 amide bonds. The Morgan fingerprint density at radius 1 is 1.00 bits per heavy atom. The number of nitrogens with one attached hydrogen (secondary N) is 2. The second-order valence-electron chi connectivity index (χ2n) is 9.71. The minimum atomic E-state index is -4.09. The summed E-state index contributed by atoms with van der Waals surface area (Å²) in [5.74, 6) is 1.48. The van der Waals surface area contributed by atoms with Crippen molar-refractivity contribution in [1.82, 2.24) is 9.62 Å². The number of fused-ring (bicyclic) bond motifs is 3. The maximum atomic E-state index is 13.0. The summed E-state index contributed by atoms with van der Waals surface area (Å²) < 4.78 is 34.0. The maximum absolute atomic E-state index is 13.0. The molecule has 3 aliphatic heterocycles. The number of nitrogens with zero attached hydrogens (tertiary/aromatic N) is 1. The highest BCUT2D eigenvalue weighted by Crippen LogP contribution is 2.43. The number of furan rings is 1. The lowest BCUT2D eigenvalue weighted by molar-refractivity contribution is 0.212. The molecule has 1 saturated carbocycles. The molecular weight excluding hydrogens is 426 g/mol. The summed E-state index contributed by atoms with van der Waals surface area (Å²) in [6.07, 6.45) is 8.38. The van der Waals surface area contributed by atoms with E-state index in [1.54, 1.807) is 6.07 Å². The van der Waals surface area contributed by atoms with Gasteiger partial charge in [-0.05, 0) is 80.6 Å². The minimum Gasteiger partial charge on any atom is -0.447 e. The van der Waals surface area contributed by atoms with Crippen LogP contribution in [-0.4, -0.2) is 32.4 Å². The van der Waals surface area contributed by atoms with Crippen molar-refractivity contribution in [3.63, 3.8) is 0 Å². The van der Waals surface area contributed by atoms with Crippen molar-refractivity contribution in [2.75, 3.05) is 18.4 Å². The molecule has 170 valence electrons. The lowest BCUT2D eigenvalue weighted by Crippen LogP contribution is -2.35. The van der Waals surface area contributed by atoms with Crippen LogP contribution in [0.25, 0.3) is 0 Å². The van der Waals surface area contributed by atoms with Crippen molar-refractivity contribution in [2.24, 2.45) is 0 Å². The van der Waals surface area contributed by atoms with Gasteiger partial charge in [0.25, 0.3) is 10.0 Å². The van der Waals surface area contributed by atoms with Crippen LogP contribution in [0.2, 0.25) is 0 Å². The third kappa shape index (κ3) is 3.44. The number of anilines is 1. The smallest absolute Gasteiger partial charge is 0.333 e. The number of carbonyl (C=O) groups is 1. The predicted molar refractivity (Wildman–Crippen MR) is 120 cm³/mol. The Morgan fingerprint density at radius 3 is 2.56 bits per heavy atom. The van der Waals surface area contributed by atoms with Gasteiger partial charge in [-0.2, -0.15) is 8.42 Å². The van der Waals surface area contributed by atoms with Crippen molar-refractivity contribution in [3.05, 3.63) is 46.2 Å². The van der Waals surface area contributed by atoms with E-state index in [0.29, 0.717) is 12.5 Å². The zero-order valence-electron chi connectivity index (χ0n) is 18.2. The highest BCUT2D eigenvalue weighted by atomic mass is 32.2. The van der Waals surface area contributed by atoms with Gasteiger partial charge in [0.2, 0.25) is 5.09 Å². The second-order valence-corrected chi connectivity index (χ2v) is 11.3. The van der Waals surface area contributed by atoms with Gasteiger partial charge in [-0.25, -0.2) is 9.52 Å². The molecule has 1 aromatic heterocycles. The zero-order valence-corrected chi connectivity index (χ0v) is 19.0. The highest BCUT2D eigenvalue weighted by Gasteiger charge is 2.34. The molecule has 7 rings (SSSR count). The fourth-order valence-electron chi connectivity index (χ4n) is 5.82. The van der Waals surface area contributed by atoms with Gasteiger partial charge < -0.3 is 9.73 Å². The van der Waals surface area contributed by atoms with E-state index < -0.39 is 16.1 Å². The summed E-state index contributed by atoms with van der Waals surface area (Å²) >= 11 is 0. The van der Waals surface area contributed by atoms with Gasteiger partial charge in [0.15, 0.2) is 0 Å². The maximum Gasteiger partial charge on any atom is 0.333 e. The van der Waals surface area contributed by atoms with E-state index >= 15 is 0 Å². The first-order valence-corrected chi connectivity index (χ1v) is 13.3. The van der Waals surface area contributed by atoms with E-state index in [-0.39, 0.29) is 11.0 Å². The predicted octanol–water partition coefficient (Wildman–Crippen LogP) is 4.24. The van der Waals surface area contributed by atoms with Crippen molar-refractivity contribution in [2.45, 2.75) is 74.8 Å². The van der Waals surface area contributed by atoms with E-state index in [9.17, 15) is 13.2 Å². The van der Waals surface area contributed by atoms with Crippen molar-refractivity contribution >= 4 is 21.7 Å². The van der Waals surface area contributed by atoms with E-state index in [1.807, 2.05) is 0 Å². The average Bonchev–Trinajstić information content (AvgIpc) is 3.30. The van der Waals surface area contributed by atoms with Crippen LogP contribution in [0.4, 0.5) is 10.5 Å². The molecule has 8 heteroatoms. The largest absolute Gasteiger partial charge is 0.447 e. The third-order valence-electron chi connectivity index (χ3n) is 7.76. The quantitative estimate of drug-likeness (QED) is 0.720. The van der Waals surface area contributed by atoms with Gasteiger partial charge in [-0.3, -0.25) is 4.90 Å². The highest BCUT2D eigenvalue weighted by molar-refractivity contribution is 7.89. The molecule has 2 bridgehead atoms. The topological polar surface area (TPSA) is 91.7 Å².